The zero-order valence-electron chi connectivity index (χ0n) is 16.4. The predicted octanol–water partition coefficient (Wildman–Crippen LogP) is 3.42. The third-order valence-electron chi connectivity index (χ3n) is 5.74. The molecule has 2 aromatic carbocycles. The van der Waals surface area contributed by atoms with Crippen LogP contribution in [0, 0.1) is 11.8 Å². The van der Waals surface area contributed by atoms with Gasteiger partial charge in [-0.15, -0.1) is 0 Å². The molecule has 1 saturated carbocycles. The van der Waals surface area contributed by atoms with Crippen molar-refractivity contribution in [3.63, 3.8) is 0 Å². The summed E-state index contributed by atoms with van der Waals surface area (Å²) in [5, 5.41) is 9.71. The standard InChI is InChI=1S/C23H25NO5/c1-28-17-9-10-18(21(11-17)29-14-15-7-8-15)22(25)24-12-19(20(13-24)23(26)27)16-5-3-2-4-6-16/h2-6,9-11,15,19-20H,7-8,12-14H2,1H3,(H,26,27). The van der Waals surface area contributed by atoms with E-state index in [9.17, 15) is 14.7 Å². The lowest BCUT2D eigenvalue weighted by molar-refractivity contribution is -0.141. The van der Waals surface area contributed by atoms with E-state index >= 15 is 0 Å². The zero-order chi connectivity index (χ0) is 20.4. The molecule has 0 bridgehead atoms. The number of aliphatic carboxylic acids is 1. The minimum Gasteiger partial charge on any atom is -0.497 e. The summed E-state index contributed by atoms with van der Waals surface area (Å²) >= 11 is 0. The molecule has 1 heterocycles. The first kappa shape index (κ1) is 19.3. The van der Waals surface area contributed by atoms with E-state index < -0.39 is 11.9 Å². The largest absolute Gasteiger partial charge is 0.497 e. The van der Waals surface area contributed by atoms with Gasteiger partial charge in [0.05, 0.1) is 25.2 Å². The van der Waals surface area contributed by atoms with Gasteiger partial charge in [-0.05, 0) is 36.5 Å². The number of methoxy groups -OCH3 is 1. The average molecular weight is 395 g/mol. The quantitative estimate of drug-likeness (QED) is 0.777. The fourth-order valence-electron chi connectivity index (χ4n) is 3.85. The molecule has 1 amide bonds. The smallest absolute Gasteiger partial charge is 0.308 e. The SMILES string of the molecule is COc1ccc(C(=O)N2CC(C(=O)O)C(c3ccccc3)C2)c(OCC2CC2)c1. The topological polar surface area (TPSA) is 76.1 Å². The van der Waals surface area contributed by atoms with E-state index in [-0.39, 0.29) is 18.4 Å². The number of carboxylic acid groups (broad SMARTS) is 1. The fourth-order valence-corrected chi connectivity index (χ4v) is 3.85. The molecule has 4 rings (SSSR count). The Balaban J connectivity index is 1.58. The van der Waals surface area contributed by atoms with Crippen molar-refractivity contribution < 1.29 is 24.2 Å². The Bertz CT molecular complexity index is 893. The number of benzene rings is 2. The zero-order valence-corrected chi connectivity index (χ0v) is 16.4. The lowest BCUT2D eigenvalue weighted by Gasteiger charge is -2.19. The third kappa shape index (κ3) is 4.21. The molecule has 29 heavy (non-hydrogen) atoms. The first-order valence-corrected chi connectivity index (χ1v) is 9.94. The first-order chi connectivity index (χ1) is 14.1. The molecule has 2 unspecified atom stereocenters. The van der Waals surface area contributed by atoms with Crippen LogP contribution in [-0.4, -0.2) is 48.7 Å². The molecule has 6 nitrogen and oxygen atoms in total. The van der Waals surface area contributed by atoms with E-state index in [0.717, 1.165) is 18.4 Å². The molecule has 2 fully saturated rings. The summed E-state index contributed by atoms with van der Waals surface area (Å²) in [7, 11) is 1.57. The highest BCUT2D eigenvalue weighted by Gasteiger charge is 2.41. The number of carbonyl (C=O) groups excluding carboxylic acids is 1. The summed E-state index contributed by atoms with van der Waals surface area (Å²) in [6.07, 6.45) is 2.30. The van der Waals surface area contributed by atoms with E-state index in [1.165, 1.54) is 0 Å². The van der Waals surface area contributed by atoms with Crippen LogP contribution in [0.2, 0.25) is 0 Å². The van der Waals surface area contributed by atoms with Gasteiger partial charge in [-0.1, -0.05) is 30.3 Å². The second-order valence-electron chi connectivity index (χ2n) is 7.79. The van der Waals surface area contributed by atoms with Gasteiger partial charge in [-0.3, -0.25) is 9.59 Å². The van der Waals surface area contributed by atoms with Gasteiger partial charge < -0.3 is 19.5 Å². The number of carbonyl (C=O) groups is 2. The van der Waals surface area contributed by atoms with Gasteiger partial charge in [0.25, 0.3) is 5.91 Å². The van der Waals surface area contributed by atoms with Crippen LogP contribution >= 0.6 is 0 Å². The van der Waals surface area contributed by atoms with Crippen LogP contribution in [0.5, 0.6) is 11.5 Å². The third-order valence-corrected chi connectivity index (χ3v) is 5.74. The molecule has 1 saturated heterocycles. The average Bonchev–Trinajstić information content (AvgIpc) is 3.47. The molecule has 0 spiro atoms. The summed E-state index contributed by atoms with van der Waals surface area (Å²) in [5.74, 6) is -0.273. The molecule has 0 radical (unpaired) electrons. The molecular weight excluding hydrogens is 370 g/mol. The van der Waals surface area contributed by atoms with Crippen LogP contribution in [0.25, 0.3) is 0 Å². The van der Waals surface area contributed by atoms with Crippen molar-refractivity contribution >= 4 is 11.9 Å². The van der Waals surface area contributed by atoms with Crippen LogP contribution < -0.4 is 9.47 Å². The number of rotatable bonds is 7. The molecule has 2 aliphatic rings. The maximum absolute atomic E-state index is 13.3. The predicted molar refractivity (Wildman–Crippen MR) is 107 cm³/mol. The van der Waals surface area contributed by atoms with Crippen molar-refractivity contribution in [3.05, 3.63) is 59.7 Å². The second kappa shape index (κ2) is 8.15. The number of carboxylic acids is 1. The van der Waals surface area contributed by atoms with Gasteiger partial charge in [-0.25, -0.2) is 0 Å². The van der Waals surface area contributed by atoms with Gasteiger partial charge in [0.1, 0.15) is 11.5 Å². The van der Waals surface area contributed by atoms with Gasteiger partial charge in [0.2, 0.25) is 0 Å². The Labute approximate surface area is 170 Å². The van der Waals surface area contributed by atoms with E-state index in [1.54, 1.807) is 30.2 Å². The molecule has 152 valence electrons. The number of hydrogen-bond donors (Lipinski definition) is 1. The number of nitrogens with zero attached hydrogens (tertiary/aromatic N) is 1. The van der Waals surface area contributed by atoms with E-state index in [4.69, 9.17) is 9.47 Å². The Kier molecular flexibility index (Phi) is 5.43. The summed E-state index contributed by atoms with van der Waals surface area (Å²) in [5.41, 5.74) is 1.39. The highest BCUT2D eigenvalue weighted by molar-refractivity contribution is 5.97. The Morgan fingerprint density at radius 2 is 1.86 bits per heavy atom. The van der Waals surface area contributed by atoms with E-state index in [2.05, 4.69) is 0 Å². The minimum absolute atomic E-state index is 0.182. The molecule has 6 heteroatoms. The van der Waals surface area contributed by atoms with Crippen LogP contribution in [0.1, 0.15) is 34.7 Å². The number of likely N-dealkylation sites (tertiary alicyclic amines) is 1. The number of ether oxygens (including phenoxy) is 2. The molecule has 2 aromatic rings. The van der Waals surface area contributed by atoms with Crippen molar-refractivity contribution in [2.75, 3.05) is 26.8 Å². The van der Waals surface area contributed by atoms with Gasteiger partial charge in [0.15, 0.2) is 0 Å². The second-order valence-corrected chi connectivity index (χ2v) is 7.79. The minimum atomic E-state index is -0.880. The van der Waals surface area contributed by atoms with E-state index in [1.807, 2.05) is 30.3 Å². The molecule has 1 aliphatic heterocycles. The first-order valence-electron chi connectivity index (χ1n) is 9.94. The van der Waals surface area contributed by atoms with Gasteiger partial charge in [0, 0.05) is 25.1 Å². The van der Waals surface area contributed by atoms with Crippen molar-refractivity contribution in [1.82, 2.24) is 4.90 Å². The summed E-state index contributed by atoms with van der Waals surface area (Å²) in [4.78, 5) is 26.8. The fraction of sp³-hybridized carbons (Fsp3) is 0.391. The van der Waals surface area contributed by atoms with Crippen LogP contribution in [0.15, 0.2) is 48.5 Å². The van der Waals surface area contributed by atoms with Gasteiger partial charge >= 0.3 is 5.97 Å². The molecular formula is C23H25NO5. The monoisotopic (exact) mass is 395 g/mol. The highest BCUT2D eigenvalue weighted by Crippen LogP contribution is 2.36. The summed E-state index contributed by atoms with van der Waals surface area (Å²) in [6.45, 7) is 1.13. The maximum Gasteiger partial charge on any atom is 0.308 e. The molecule has 0 aromatic heterocycles. The summed E-state index contributed by atoms with van der Waals surface area (Å²) < 4.78 is 11.2. The van der Waals surface area contributed by atoms with Gasteiger partial charge in [-0.2, -0.15) is 0 Å². The molecule has 1 N–H and O–H groups in total. The van der Waals surface area contributed by atoms with E-state index in [0.29, 0.717) is 36.1 Å². The van der Waals surface area contributed by atoms with Crippen molar-refractivity contribution in [2.45, 2.75) is 18.8 Å². The number of amides is 1. The Morgan fingerprint density at radius 1 is 1.10 bits per heavy atom. The highest BCUT2D eigenvalue weighted by atomic mass is 16.5. The van der Waals surface area contributed by atoms with Crippen molar-refractivity contribution in [3.8, 4) is 11.5 Å². The lowest BCUT2D eigenvalue weighted by atomic mass is 9.89. The van der Waals surface area contributed by atoms with Crippen molar-refractivity contribution in [2.24, 2.45) is 11.8 Å². The Morgan fingerprint density at radius 3 is 2.52 bits per heavy atom. The normalized spacial score (nSPS) is 21.1. The summed E-state index contributed by atoms with van der Waals surface area (Å²) in [6, 6.07) is 14.7. The van der Waals surface area contributed by atoms with Crippen LogP contribution in [0.4, 0.5) is 0 Å². The number of hydrogen-bond acceptors (Lipinski definition) is 4. The van der Waals surface area contributed by atoms with Crippen LogP contribution in [-0.2, 0) is 4.79 Å². The molecule has 2 atom stereocenters. The Hall–Kier alpha value is -3.02. The maximum atomic E-state index is 13.3. The van der Waals surface area contributed by atoms with Crippen LogP contribution in [0.3, 0.4) is 0 Å². The lowest BCUT2D eigenvalue weighted by Crippen LogP contribution is -2.30. The molecule has 1 aliphatic carbocycles. The van der Waals surface area contributed by atoms with Crippen molar-refractivity contribution in [1.29, 1.82) is 0 Å².